The molecule has 0 aromatic carbocycles. The summed E-state index contributed by atoms with van der Waals surface area (Å²) in [4.78, 5) is 21.2. The molecule has 4 nitrogen and oxygen atoms in total. The summed E-state index contributed by atoms with van der Waals surface area (Å²) in [5.74, 6) is 1.73. The Hall–Kier alpha value is -1.29. The van der Waals surface area contributed by atoms with Crippen molar-refractivity contribution in [2.75, 3.05) is 6.61 Å². The van der Waals surface area contributed by atoms with Gasteiger partial charge in [-0.3, -0.25) is 4.79 Å². The molecule has 0 N–H and O–H groups in total. The van der Waals surface area contributed by atoms with Crippen LogP contribution in [-0.4, -0.2) is 22.4 Å². The maximum atomic E-state index is 11.9. The molecule has 4 heteroatoms. The number of aryl methyl sites for hydroxylation is 1. The zero-order valence-corrected chi connectivity index (χ0v) is 13.0. The van der Waals surface area contributed by atoms with E-state index in [2.05, 4.69) is 11.9 Å². The number of hydrogen-bond acceptors (Lipinski definition) is 4. The highest BCUT2D eigenvalue weighted by Gasteiger charge is 2.39. The van der Waals surface area contributed by atoms with Crippen LogP contribution in [0.5, 0.6) is 0 Å². The van der Waals surface area contributed by atoms with Crippen molar-refractivity contribution in [3.05, 3.63) is 23.3 Å². The van der Waals surface area contributed by atoms with E-state index >= 15 is 0 Å². The normalized spacial score (nSPS) is 29.2. The van der Waals surface area contributed by atoms with E-state index < -0.39 is 0 Å². The first-order chi connectivity index (χ1) is 10.1. The molecular weight excluding hydrogens is 264 g/mol. The summed E-state index contributed by atoms with van der Waals surface area (Å²) in [6.45, 7) is 5.00. The number of hydrogen-bond donors (Lipinski definition) is 0. The summed E-state index contributed by atoms with van der Waals surface area (Å²) in [5, 5.41) is 0. The van der Waals surface area contributed by atoms with Crippen LogP contribution in [0.25, 0.3) is 0 Å². The van der Waals surface area contributed by atoms with Crippen LogP contribution in [0, 0.1) is 5.92 Å². The Morgan fingerprint density at radius 2 is 2.10 bits per heavy atom. The third kappa shape index (κ3) is 2.73. The van der Waals surface area contributed by atoms with Gasteiger partial charge in [-0.05, 0) is 51.4 Å². The number of rotatable bonds is 3. The second-order valence-electron chi connectivity index (χ2n) is 6.44. The molecule has 0 unspecified atom stereocenters. The van der Waals surface area contributed by atoms with Crippen LogP contribution in [0.15, 0.2) is 6.20 Å². The molecule has 1 heterocycles. The average Bonchev–Trinajstić information content (AvgIpc) is 2.50. The van der Waals surface area contributed by atoms with Gasteiger partial charge in [-0.2, -0.15) is 0 Å². The molecule has 0 radical (unpaired) electrons. The number of ether oxygens (including phenoxy) is 1. The van der Waals surface area contributed by atoms with Crippen LogP contribution in [-0.2, 0) is 16.8 Å². The maximum Gasteiger partial charge on any atom is 0.166 e. The first kappa shape index (κ1) is 14.6. The Bertz CT molecular complexity index is 534. The second-order valence-corrected chi connectivity index (χ2v) is 6.44. The van der Waals surface area contributed by atoms with Crippen LogP contribution in [0.1, 0.15) is 74.2 Å². The lowest BCUT2D eigenvalue weighted by molar-refractivity contribution is -0.0838. The minimum atomic E-state index is -0.337. The van der Waals surface area contributed by atoms with E-state index in [1.165, 1.54) is 0 Å². The van der Waals surface area contributed by atoms with Crippen molar-refractivity contribution in [3.8, 4) is 0 Å². The first-order valence-corrected chi connectivity index (χ1v) is 8.18. The first-order valence-electron chi connectivity index (χ1n) is 8.18. The molecule has 1 aromatic rings. The van der Waals surface area contributed by atoms with Crippen molar-refractivity contribution in [1.29, 1.82) is 0 Å². The highest BCUT2D eigenvalue weighted by molar-refractivity contribution is 5.97. The Morgan fingerprint density at radius 1 is 1.33 bits per heavy atom. The lowest BCUT2D eigenvalue weighted by Gasteiger charge is -2.38. The number of fused-ring (bicyclic) bond motifs is 1. The summed E-state index contributed by atoms with van der Waals surface area (Å²) >= 11 is 0. The molecule has 0 aliphatic heterocycles. The van der Waals surface area contributed by atoms with Crippen molar-refractivity contribution >= 4 is 5.78 Å². The predicted octanol–water partition coefficient (Wildman–Crippen LogP) is 3.44. The highest BCUT2D eigenvalue weighted by atomic mass is 16.5. The van der Waals surface area contributed by atoms with E-state index in [0.717, 1.165) is 61.5 Å². The van der Waals surface area contributed by atoms with E-state index in [0.29, 0.717) is 13.0 Å². The minimum Gasteiger partial charge on any atom is -0.367 e. The quantitative estimate of drug-likeness (QED) is 0.855. The average molecular weight is 288 g/mol. The maximum absolute atomic E-state index is 11.9. The van der Waals surface area contributed by atoms with Gasteiger partial charge in [0.25, 0.3) is 0 Å². The molecule has 2 aliphatic rings. The summed E-state index contributed by atoms with van der Waals surface area (Å²) in [6.07, 6.45) is 8.42. The SMILES string of the molecule is CCOC1(c2ncc3c(n2)CCCC3=O)CCC(C)CC1. The van der Waals surface area contributed by atoms with Gasteiger partial charge in [0.1, 0.15) is 5.60 Å². The van der Waals surface area contributed by atoms with Gasteiger partial charge in [0.2, 0.25) is 0 Å². The third-order valence-corrected chi connectivity index (χ3v) is 4.90. The largest absolute Gasteiger partial charge is 0.367 e. The molecule has 0 saturated heterocycles. The Morgan fingerprint density at radius 3 is 2.81 bits per heavy atom. The van der Waals surface area contributed by atoms with Crippen molar-refractivity contribution < 1.29 is 9.53 Å². The fraction of sp³-hybridized carbons (Fsp3) is 0.706. The molecule has 0 amide bonds. The van der Waals surface area contributed by atoms with Crippen LogP contribution in [0.2, 0.25) is 0 Å². The van der Waals surface area contributed by atoms with Gasteiger partial charge in [-0.15, -0.1) is 0 Å². The van der Waals surface area contributed by atoms with Crippen LogP contribution < -0.4 is 0 Å². The summed E-state index contributed by atoms with van der Waals surface area (Å²) in [6, 6.07) is 0. The fourth-order valence-corrected chi connectivity index (χ4v) is 3.55. The lowest BCUT2D eigenvalue weighted by Crippen LogP contribution is -2.37. The van der Waals surface area contributed by atoms with Gasteiger partial charge in [-0.1, -0.05) is 6.92 Å². The molecule has 0 atom stereocenters. The molecule has 1 saturated carbocycles. The van der Waals surface area contributed by atoms with Crippen molar-refractivity contribution in [2.24, 2.45) is 5.92 Å². The van der Waals surface area contributed by atoms with Crippen molar-refractivity contribution in [2.45, 2.75) is 64.4 Å². The monoisotopic (exact) mass is 288 g/mol. The summed E-state index contributed by atoms with van der Waals surface area (Å²) in [5.41, 5.74) is 1.31. The topological polar surface area (TPSA) is 52.1 Å². The molecule has 3 rings (SSSR count). The molecule has 2 aliphatic carbocycles. The van der Waals surface area contributed by atoms with Crippen LogP contribution in [0.4, 0.5) is 0 Å². The number of carbonyl (C=O) groups is 1. The van der Waals surface area contributed by atoms with Gasteiger partial charge in [0.05, 0.1) is 11.3 Å². The van der Waals surface area contributed by atoms with Gasteiger partial charge in [-0.25, -0.2) is 9.97 Å². The van der Waals surface area contributed by atoms with E-state index in [-0.39, 0.29) is 11.4 Å². The predicted molar refractivity (Wildman–Crippen MR) is 80.2 cm³/mol. The third-order valence-electron chi connectivity index (χ3n) is 4.90. The van der Waals surface area contributed by atoms with Crippen molar-refractivity contribution in [1.82, 2.24) is 9.97 Å². The number of aromatic nitrogens is 2. The molecule has 21 heavy (non-hydrogen) atoms. The fourth-order valence-electron chi connectivity index (χ4n) is 3.55. The van der Waals surface area contributed by atoms with Crippen LogP contribution in [0.3, 0.4) is 0 Å². The van der Waals surface area contributed by atoms with E-state index in [9.17, 15) is 4.79 Å². The molecule has 1 fully saturated rings. The zero-order chi connectivity index (χ0) is 14.9. The number of Topliss-reactive ketones (excluding diaryl/α,β-unsaturated/α-hetero) is 1. The van der Waals surface area contributed by atoms with E-state index in [1.807, 2.05) is 6.92 Å². The summed E-state index contributed by atoms with van der Waals surface area (Å²) < 4.78 is 6.11. The molecule has 114 valence electrons. The molecule has 0 spiro atoms. The number of carbonyl (C=O) groups excluding carboxylic acids is 1. The summed E-state index contributed by atoms with van der Waals surface area (Å²) in [7, 11) is 0. The molecular formula is C17H24N2O2. The molecule has 0 bridgehead atoms. The Labute approximate surface area is 126 Å². The zero-order valence-electron chi connectivity index (χ0n) is 13.0. The highest BCUT2D eigenvalue weighted by Crippen LogP contribution is 2.41. The number of nitrogens with zero attached hydrogens (tertiary/aromatic N) is 2. The van der Waals surface area contributed by atoms with E-state index in [1.54, 1.807) is 6.20 Å². The van der Waals surface area contributed by atoms with Gasteiger partial charge >= 0.3 is 0 Å². The van der Waals surface area contributed by atoms with Crippen LogP contribution >= 0.6 is 0 Å². The minimum absolute atomic E-state index is 0.186. The number of ketones is 1. The van der Waals surface area contributed by atoms with E-state index in [4.69, 9.17) is 9.72 Å². The van der Waals surface area contributed by atoms with Gasteiger partial charge in [0, 0.05) is 19.2 Å². The Balaban J connectivity index is 1.95. The van der Waals surface area contributed by atoms with Crippen molar-refractivity contribution in [3.63, 3.8) is 0 Å². The standard InChI is InChI=1S/C17H24N2O2/c1-3-21-17(9-7-12(2)8-10-17)16-18-11-13-14(19-16)5-4-6-15(13)20/h11-12H,3-10H2,1-2H3. The second kappa shape index (κ2) is 5.84. The van der Waals surface area contributed by atoms with Gasteiger partial charge in [0.15, 0.2) is 11.6 Å². The molecule has 1 aromatic heterocycles. The lowest BCUT2D eigenvalue weighted by atomic mass is 9.78. The van der Waals surface area contributed by atoms with Gasteiger partial charge < -0.3 is 4.74 Å². The Kier molecular flexibility index (Phi) is 4.07. The smallest absolute Gasteiger partial charge is 0.166 e.